The Morgan fingerprint density at radius 2 is 1.68 bits per heavy atom. The number of amidine groups is 1. The van der Waals surface area contributed by atoms with Crippen molar-refractivity contribution < 1.29 is 31.1 Å². The highest BCUT2D eigenvalue weighted by atomic mass is 19.4. The quantitative estimate of drug-likeness (QED) is 0.782. The van der Waals surface area contributed by atoms with E-state index in [1.807, 2.05) is 0 Å². The molecule has 0 bridgehead atoms. The Morgan fingerprint density at radius 3 is 2.25 bits per heavy atom. The largest absolute Gasteiger partial charge is 0.416 e. The molecular formula is C17H16F6N4O. The Bertz CT molecular complexity index is 796. The van der Waals surface area contributed by atoms with Crippen LogP contribution in [0.2, 0.25) is 0 Å². The summed E-state index contributed by atoms with van der Waals surface area (Å²) in [7, 11) is 0. The summed E-state index contributed by atoms with van der Waals surface area (Å²) in [4.78, 5) is 21.5. The van der Waals surface area contributed by atoms with Crippen molar-refractivity contribution in [3.63, 3.8) is 0 Å². The van der Waals surface area contributed by atoms with Crippen LogP contribution < -0.4 is 5.32 Å². The molecule has 0 atom stereocenters. The minimum Gasteiger partial charge on any atom is -0.340 e. The van der Waals surface area contributed by atoms with Gasteiger partial charge in [0.2, 0.25) is 5.91 Å². The van der Waals surface area contributed by atoms with Crippen LogP contribution in [0.4, 0.5) is 26.3 Å². The minimum absolute atomic E-state index is 0.0400. The van der Waals surface area contributed by atoms with E-state index in [0.717, 1.165) is 0 Å². The third-order valence-corrected chi connectivity index (χ3v) is 4.39. The minimum atomic E-state index is -4.92. The van der Waals surface area contributed by atoms with E-state index in [-0.39, 0.29) is 42.8 Å². The van der Waals surface area contributed by atoms with Gasteiger partial charge in [-0.05, 0) is 23.8 Å². The molecule has 2 aliphatic heterocycles. The van der Waals surface area contributed by atoms with Gasteiger partial charge in [0, 0.05) is 26.1 Å². The van der Waals surface area contributed by atoms with Crippen molar-refractivity contribution in [2.24, 2.45) is 9.98 Å². The molecule has 1 amide bonds. The Kier molecular flexibility index (Phi) is 5.46. The van der Waals surface area contributed by atoms with E-state index in [0.29, 0.717) is 37.6 Å². The topological polar surface area (TPSA) is 57.1 Å². The number of piperazine rings is 1. The molecule has 1 aromatic rings. The summed E-state index contributed by atoms with van der Waals surface area (Å²) in [5.74, 6) is 0.217. The number of alkyl halides is 6. The third kappa shape index (κ3) is 4.70. The fraction of sp³-hybridized carbons (Fsp3) is 0.471. The summed E-state index contributed by atoms with van der Waals surface area (Å²) in [6.45, 7) is 1.63. The second-order valence-corrected chi connectivity index (χ2v) is 6.39. The van der Waals surface area contributed by atoms with Crippen molar-refractivity contribution in [3.8, 4) is 0 Å². The number of aliphatic imine (C=N–C) groups is 2. The van der Waals surface area contributed by atoms with Gasteiger partial charge >= 0.3 is 12.4 Å². The Balaban J connectivity index is 1.78. The monoisotopic (exact) mass is 406 g/mol. The van der Waals surface area contributed by atoms with Gasteiger partial charge in [0.1, 0.15) is 5.84 Å². The molecule has 0 radical (unpaired) electrons. The Morgan fingerprint density at radius 1 is 1.04 bits per heavy atom. The third-order valence-electron chi connectivity index (χ3n) is 4.39. The van der Waals surface area contributed by atoms with Gasteiger partial charge in [-0.15, -0.1) is 0 Å². The number of hydrogen-bond acceptors (Lipinski definition) is 4. The highest BCUT2D eigenvalue weighted by Gasteiger charge is 2.37. The molecule has 0 aromatic heterocycles. The second kappa shape index (κ2) is 7.53. The van der Waals surface area contributed by atoms with Crippen molar-refractivity contribution in [2.45, 2.75) is 18.8 Å². The number of amides is 1. The van der Waals surface area contributed by atoms with Gasteiger partial charge in [-0.1, -0.05) is 0 Å². The van der Waals surface area contributed by atoms with Crippen molar-refractivity contribution in [3.05, 3.63) is 34.9 Å². The summed E-state index contributed by atoms with van der Waals surface area (Å²) >= 11 is 0. The lowest BCUT2D eigenvalue weighted by Gasteiger charge is -2.27. The fourth-order valence-corrected chi connectivity index (χ4v) is 2.92. The van der Waals surface area contributed by atoms with E-state index in [1.54, 1.807) is 4.90 Å². The van der Waals surface area contributed by atoms with E-state index in [4.69, 9.17) is 0 Å². The molecule has 28 heavy (non-hydrogen) atoms. The lowest BCUT2D eigenvalue weighted by molar-refractivity contribution is -0.143. The van der Waals surface area contributed by atoms with E-state index >= 15 is 0 Å². The van der Waals surface area contributed by atoms with Crippen LogP contribution in [-0.4, -0.2) is 55.1 Å². The van der Waals surface area contributed by atoms with Crippen molar-refractivity contribution >= 4 is 17.5 Å². The number of hydrogen-bond donors (Lipinski definition) is 1. The highest BCUT2D eigenvalue weighted by molar-refractivity contribution is 6.12. The first-order valence-electron chi connectivity index (χ1n) is 8.43. The number of nitrogens with zero attached hydrogens (tertiary/aromatic N) is 3. The number of halogens is 6. The zero-order valence-electron chi connectivity index (χ0n) is 14.5. The number of benzene rings is 1. The first-order valence-corrected chi connectivity index (χ1v) is 8.43. The first kappa shape index (κ1) is 20.3. The average molecular weight is 406 g/mol. The van der Waals surface area contributed by atoms with Crippen LogP contribution in [0.15, 0.2) is 28.2 Å². The van der Waals surface area contributed by atoms with Crippen molar-refractivity contribution in [1.29, 1.82) is 0 Å². The molecule has 1 N–H and O–H groups in total. The van der Waals surface area contributed by atoms with Gasteiger partial charge in [-0.2, -0.15) is 26.3 Å². The van der Waals surface area contributed by atoms with Crippen LogP contribution in [0, 0.1) is 0 Å². The Labute approximate surface area is 156 Å². The van der Waals surface area contributed by atoms with E-state index in [9.17, 15) is 31.1 Å². The summed E-state index contributed by atoms with van der Waals surface area (Å²) in [5.41, 5.74) is -3.00. The van der Waals surface area contributed by atoms with Gasteiger partial charge in [0.05, 0.1) is 29.9 Å². The van der Waals surface area contributed by atoms with Gasteiger partial charge < -0.3 is 10.2 Å². The molecule has 0 unspecified atom stereocenters. The van der Waals surface area contributed by atoms with Crippen LogP contribution in [0.5, 0.6) is 0 Å². The molecular weight excluding hydrogens is 390 g/mol. The lowest BCUT2D eigenvalue weighted by Crippen LogP contribution is -2.48. The van der Waals surface area contributed by atoms with Crippen LogP contribution in [0.25, 0.3) is 0 Å². The van der Waals surface area contributed by atoms with E-state index < -0.39 is 23.5 Å². The second-order valence-electron chi connectivity index (χ2n) is 6.39. The van der Waals surface area contributed by atoms with Crippen molar-refractivity contribution in [1.82, 2.24) is 10.2 Å². The van der Waals surface area contributed by atoms with Crippen LogP contribution in [0.1, 0.15) is 23.1 Å². The molecule has 0 aliphatic carbocycles. The maximum atomic E-state index is 13.0. The molecule has 2 heterocycles. The molecule has 1 saturated heterocycles. The number of nitrogens with one attached hydrogen (secondary N) is 1. The standard InChI is InChI=1S/C17H16F6N4O/c18-16(19,20)11-5-10(6-12(7-11)17(21,22)23)13-8-25-14(26-13)1-3-27-4-2-24-9-15(27)28/h5-7,24H,1-4,8-9H2. The summed E-state index contributed by atoms with van der Waals surface area (Å²) in [6, 6.07) is 1.37. The Hall–Kier alpha value is -2.43. The van der Waals surface area contributed by atoms with Crippen LogP contribution in [0.3, 0.4) is 0 Å². The van der Waals surface area contributed by atoms with Gasteiger partial charge in [-0.25, -0.2) is 4.99 Å². The maximum absolute atomic E-state index is 13.0. The summed E-state index contributed by atoms with van der Waals surface area (Å²) in [5, 5.41) is 2.92. The van der Waals surface area contributed by atoms with Crippen LogP contribution in [-0.2, 0) is 17.1 Å². The van der Waals surface area contributed by atoms with Gasteiger partial charge in [0.15, 0.2) is 0 Å². The highest BCUT2D eigenvalue weighted by Crippen LogP contribution is 2.36. The predicted molar refractivity (Wildman–Crippen MR) is 89.4 cm³/mol. The first-order chi connectivity index (χ1) is 13.0. The number of carbonyl (C=O) groups excluding carboxylic acids is 1. The molecule has 3 rings (SSSR count). The van der Waals surface area contributed by atoms with Crippen molar-refractivity contribution in [2.75, 3.05) is 32.7 Å². The van der Waals surface area contributed by atoms with E-state index in [1.165, 1.54) is 0 Å². The number of rotatable bonds is 4. The molecule has 11 heteroatoms. The molecule has 152 valence electrons. The fourth-order valence-electron chi connectivity index (χ4n) is 2.92. The molecule has 0 saturated carbocycles. The zero-order valence-corrected chi connectivity index (χ0v) is 14.5. The molecule has 5 nitrogen and oxygen atoms in total. The molecule has 1 fully saturated rings. The lowest BCUT2D eigenvalue weighted by atomic mass is 10.0. The normalized spacial score (nSPS) is 18.4. The summed E-state index contributed by atoms with van der Waals surface area (Å²) in [6.07, 6.45) is -9.55. The average Bonchev–Trinajstić information content (AvgIpc) is 3.08. The SMILES string of the molecule is O=C1CNCCN1CCC1=NCC(c2cc(C(F)(F)F)cc(C(F)(F)F)c2)=N1. The molecule has 2 aliphatic rings. The van der Waals surface area contributed by atoms with E-state index in [2.05, 4.69) is 15.3 Å². The summed E-state index contributed by atoms with van der Waals surface area (Å²) < 4.78 is 77.9. The smallest absolute Gasteiger partial charge is 0.340 e. The zero-order chi connectivity index (χ0) is 20.5. The molecule has 0 spiro atoms. The predicted octanol–water partition coefficient (Wildman–Crippen LogP) is 2.75. The van der Waals surface area contributed by atoms with Gasteiger partial charge in [-0.3, -0.25) is 9.79 Å². The maximum Gasteiger partial charge on any atom is 0.416 e. The molecule has 1 aromatic carbocycles. The van der Waals surface area contributed by atoms with Crippen LogP contribution >= 0.6 is 0 Å². The van der Waals surface area contributed by atoms with Gasteiger partial charge in [0.25, 0.3) is 0 Å². The number of carbonyl (C=O) groups is 1.